The van der Waals surface area contributed by atoms with E-state index >= 15 is 0 Å². The molecule has 1 nitrogen and oxygen atoms in total. The smallest absolute Gasteiger partial charge is 0.199 e. The van der Waals surface area contributed by atoms with Crippen LogP contribution in [0.1, 0.15) is 0 Å². The summed E-state index contributed by atoms with van der Waals surface area (Å²) in [5.74, 6) is -6.37. The summed E-state index contributed by atoms with van der Waals surface area (Å²) < 4.78 is 50.9. The van der Waals surface area contributed by atoms with Crippen molar-refractivity contribution in [1.82, 2.24) is 4.98 Å². The molecule has 0 aliphatic carbocycles. The SMILES string of the molecule is Fc1c(F)c(F)c2[nH]ccc2c1F.[Al]. The quantitative estimate of drug-likeness (QED) is 0.301. The topological polar surface area (TPSA) is 15.8 Å². The summed E-state index contributed by atoms with van der Waals surface area (Å²) in [4.78, 5) is 2.28. The second kappa shape index (κ2) is 3.64. The number of nitrogens with one attached hydrogen (secondary N) is 1. The monoisotopic (exact) mass is 216 g/mol. The second-order valence-electron chi connectivity index (χ2n) is 2.52. The summed E-state index contributed by atoms with van der Waals surface area (Å²) >= 11 is 0. The lowest BCUT2D eigenvalue weighted by Crippen LogP contribution is -1.96. The minimum absolute atomic E-state index is 0. The summed E-state index contributed by atoms with van der Waals surface area (Å²) in [6.07, 6.45) is 1.20. The zero-order valence-electron chi connectivity index (χ0n) is 6.74. The van der Waals surface area contributed by atoms with Crippen LogP contribution in [0.2, 0.25) is 0 Å². The van der Waals surface area contributed by atoms with Gasteiger partial charge in [0.2, 0.25) is 0 Å². The maximum Gasteiger partial charge on any atom is 0.199 e. The molecule has 0 fully saturated rings. The van der Waals surface area contributed by atoms with Crippen molar-refractivity contribution in [3.8, 4) is 0 Å². The van der Waals surface area contributed by atoms with E-state index in [-0.39, 0.29) is 28.3 Å². The first-order chi connectivity index (χ1) is 6.13. The molecule has 2 aromatic rings. The zero-order chi connectivity index (χ0) is 9.59. The van der Waals surface area contributed by atoms with Gasteiger partial charge in [-0.3, -0.25) is 0 Å². The van der Waals surface area contributed by atoms with E-state index in [4.69, 9.17) is 0 Å². The van der Waals surface area contributed by atoms with Crippen molar-refractivity contribution >= 4 is 28.3 Å². The average Bonchev–Trinajstić information content (AvgIpc) is 2.59. The van der Waals surface area contributed by atoms with Crippen LogP contribution in [0.4, 0.5) is 17.6 Å². The Labute approximate surface area is 86.9 Å². The largest absolute Gasteiger partial charge is 0.359 e. The molecule has 6 heteroatoms. The molecule has 0 aliphatic rings. The molecule has 1 N–H and O–H groups in total. The average molecular weight is 216 g/mol. The number of aromatic nitrogens is 1. The number of benzene rings is 1. The number of rotatable bonds is 0. The molecular formula is C8H3AlF4N. The lowest BCUT2D eigenvalue weighted by Gasteiger charge is -1.98. The highest BCUT2D eigenvalue weighted by atomic mass is 27.0. The van der Waals surface area contributed by atoms with E-state index in [0.717, 1.165) is 6.07 Å². The molecule has 0 atom stereocenters. The fourth-order valence-electron chi connectivity index (χ4n) is 1.15. The van der Waals surface area contributed by atoms with Crippen molar-refractivity contribution in [3.63, 3.8) is 0 Å². The molecule has 1 aromatic carbocycles. The molecule has 0 saturated heterocycles. The van der Waals surface area contributed by atoms with E-state index in [0.29, 0.717) is 0 Å². The number of H-pyrrole nitrogens is 1. The van der Waals surface area contributed by atoms with Crippen LogP contribution in [0, 0.1) is 23.3 Å². The summed E-state index contributed by atoms with van der Waals surface area (Å²) in [7, 11) is 0. The van der Waals surface area contributed by atoms with Gasteiger partial charge in [-0.25, -0.2) is 17.6 Å². The van der Waals surface area contributed by atoms with Crippen LogP contribution in [0.5, 0.6) is 0 Å². The van der Waals surface area contributed by atoms with E-state index in [1.165, 1.54) is 6.20 Å². The third kappa shape index (κ3) is 1.31. The standard InChI is InChI=1S/C8H3F4N.Al/c9-4-3-1-2-13-8(3)7(12)6(11)5(4)10;/h1-2,13H;. The van der Waals surface area contributed by atoms with Crippen LogP contribution >= 0.6 is 0 Å². The summed E-state index contributed by atoms with van der Waals surface area (Å²) in [5.41, 5.74) is -0.364. The normalized spacial score (nSPS) is 10.3. The van der Waals surface area contributed by atoms with Gasteiger partial charge in [-0.2, -0.15) is 0 Å². The van der Waals surface area contributed by atoms with E-state index in [1.807, 2.05) is 0 Å². The maximum absolute atomic E-state index is 12.9. The first kappa shape index (κ1) is 11.1. The maximum atomic E-state index is 12.9. The summed E-state index contributed by atoms with van der Waals surface area (Å²) in [6, 6.07) is 1.14. The Kier molecular flexibility index (Phi) is 2.88. The van der Waals surface area contributed by atoms with Gasteiger partial charge in [-0.1, -0.05) is 0 Å². The number of hydrogen-bond donors (Lipinski definition) is 1. The highest BCUT2D eigenvalue weighted by molar-refractivity contribution is 5.80. The van der Waals surface area contributed by atoms with Crippen molar-refractivity contribution in [1.29, 1.82) is 0 Å². The Hall–Kier alpha value is -0.988. The molecule has 0 amide bonds. The third-order valence-electron chi connectivity index (χ3n) is 1.78. The van der Waals surface area contributed by atoms with Crippen LogP contribution in [-0.2, 0) is 0 Å². The molecule has 0 aliphatic heterocycles. The van der Waals surface area contributed by atoms with E-state index in [2.05, 4.69) is 4.98 Å². The molecule has 0 saturated carbocycles. The molecule has 0 unspecified atom stereocenters. The second-order valence-corrected chi connectivity index (χ2v) is 2.52. The highest BCUT2D eigenvalue weighted by Gasteiger charge is 2.20. The van der Waals surface area contributed by atoms with Gasteiger partial charge in [-0.15, -0.1) is 0 Å². The van der Waals surface area contributed by atoms with Crippen molar-refractivity contribution in [2.45, 2.75) is 0 Å². The molecule has 0 bridgehead atoms. The lowest BCUT2D eigenvalue weighted by molar-refractivity contribution is 0.417. The number of aromatic amines is 1. The van der Waals surface area contributed by atoms with E-state index < -0.39 is 23.3 Å². The van der Waals surface area contributed by atoms with Crippen LogP contribution in [0.15, 0.2) is 12.3 Å². The van der Waals surface area contributed by atoms with Gasteiger partial charge in [0.15, 0.2) is 23.3 Å². The first-order valence-electron chi connectivity index (χ1n) is 3.42. The van der Waals surface area contributed by atoms with Crippen molar-refractivity contribution < 1.29 is 17.6 Å². The van der Waals surface area contributed by atoms with Gasteiger partial charge >= 0.3 is 0 Å². The Morgan fingerprint density at radius 2 is 1.43 bits per heavy atom. The van der Waals surface area contributed by atoms with Gasteiger partial charge in [0.05, 0.1) is 5.52 Å². The molecule has 0 spiro atoms. The lowest BCUT2D eigenvalue weighted by atomic mass is 10.2. The number of fused-ring (bicyclic) bond motifs is 1. The van der Waals surface area contributed by atoms with Gasteiger partial charge in [-0.05, 0) is 6.07 Å². The van der Waals surface area contributed by atoms with Crippen LogP contribution in [0.3, 0.4) is 0 Å². The first-order valence-corrected chi connectivity index (χ1v) is 3.42. The van der Waals surface area contributed by atoms with Crippen LogP contribution in [0.25, 0.3) is 10.9 Å². The Morgan fingerprint density at radius 1 is 0.857 bits per heavy atom. The molecular weight excluding hydrogens is 213 g/mol. The molecule has 3 radical (unpaired) electrons. The highest BCUT2D eigenvalue weighted by Crippen LogP contribution is 2.25. The van der Waals surface area contributed by atoms with Gasteiger partial charge in [0, 0.05) is 28.9 Å². The van der Waals surface area contributed by atoms with E-state index in [1.54, 1.807) is 0 Å². The minimum atomic E-state index is -1.80. The Morgan fingerprint density at radius 3 is 2.07 bits per heavy atom. The van der Waals surface area contributed by atoms with Crippen molar-refractivity contribution in [3.05, 3.63) is 35.5 Å². The third-order valence-corrected chi connectivity index (χ3v) is 1.78. The minimum Gasteiger partial charge on any atom is -0.359 e. The fourth-order valence-corrected chi connectivity index (χ4v) is 1.15. The van der Waals surface area contributed by atoms with E-state index in [9.17, 15) is 17.6 Å². The summed E-state index contributed by atoms with van der Waals surface area (Å²) in [6.45, 7) is 0. The summed E-state index contributed by atoms with van der Waals surface area (Å²) in [5, 5.41) is -0.295. The van der Waals surface area contributed by atoms with Crippen LogP contribution < -0.4 is 0 Å². The Bertz CT molecular complexity index is 438. The predicted octanol–water partition coefficient (Wildman–Crippen LogP) is 2.34. The zero-order valence-corrected chi connectivity index (χ0v) is 7.90. The number of halogens is 4. The fraction of sp³-hybridized carbons (Fsp3) is 0. The molecule has 2 rings (SSSR count). The van der Waals surface area contributed by atoms with Crippen LogP contribution in [-0.4, -0.2) is 22.3 Å². The molecule has 71 valence electrons. The Balaban J connectivity index is 0.000000980. The van der Waals surface area contributed by atoms with Gasteiger partial charge in [0.1, 0.15) is 0 Å². The molecule has 1 heterocycles. The van der Waals surface area contributed by atoms with Crippen molar-refractivity contribution in [2.75, 3.05) is 0 Å². The van der Waals surface area contributed by atoms with Crippen molar-refractivity contribution in [2.24, 2.45) is 0 Å². The van der Waals surface area contributed by atoms with Gasteiger partial charge in [0.25, 0.3) is 0 Å². The number of hydrogen-bond acceptors (Lipinski definition) is 0. The van der Waals surface area contributed by atoms with Gasteiger partial charge < -0.3 is 4.98 Å². The predicted molar refractivity (Wildman–Crippen MR) is 43.9 cm³/mol. The molecule has 1 aromatic heterocycles. The molecule has 14 heavy (non-hydrogen) atoms.